The summed E-state index contributed by atoms with van der Waals surface area (Å²) in [6.07, 6.45) is 2.36. The van der Waals surface area contributed by atoms with E-state index in [1.807, 2.05) is 19.9 Å². The quantitative estimate of drug-likeness (QED) is 0.803. The zero-order valence-electron chi connectivity index (χ0n) is 12.7. The molecule has 1 rings (SSSR count). The molecule has 1 aromatic carbocycles. The molecule has 0 bridgehead atoms. The number of carbonyl (C=O) groups excluding carboxylic acids is 1. The van der Waals surface area contributed by atoms with Gasteiger partial charge in [0.1, 0.15) is 0 Å². The molecule has 4 nitrogen and oxygen atoms in total. The van der Waals surface area contributed by atoms with Crippen molar-refractivity contribution in [3.63, 3.8) is 0 Å². The minimum Gasteiger partial charge on any atom is -0.350 e. The minimum atomic E-state index is -0.837. The van der Waals surface area contributed by atoms with Gasteiger partial charge in [0, 0.05) is 40.0 Å². The topological polar surface area (TPSA) is 72.2 Å². The third-order valence-electron chi connectivity index (χ3n) is 3.04. The van der Waals surface area contributed by atoms with E-state index in [2.05, 4.69) is 17.2 Å². The van der Waals surface area contributed by atoms with Gasteiger partial charge in [0.05, 0.1) is 6.54 Å². The minimum absolute atomic E-state index is 0.0127. The molecule has 0 saturated heterocycles. The maximum absolute atomic E-state index is 12.2. The van der Waals surface area contributed by atoms with Crippen LogP contribution in [0.2, 0.25) is 0 Å². The Morgan fingerprint density at radius 3 is 2.81 bits per heavy atom. The van der Waals surface area contributed by atoms with Gasteiger partial charge in [-0.3, -0.25) is 9.00 Å². The number of carbonyl (C=O) groups is 1. The van der Waals surface area contributed by atoms with Crippen LogP contribution in [0.5, 0.6) is 0 Å². The van der Waals surface area contributed by atoms with E-state index in [0.717, 1.165) is 11.1 Å². The predicted octanol–water partition coefficient (Wildman–Crippen LogP) is 1.19. The van der Waals surface area contributed by atoms with Gasteiger partial charge in [-0.15, -0.1) is 0 Å². The highest BCUT2D eigenvalue weighted by atomic mass is 32.2. The van der Waals surface area contributed by atoms with Crippen LogP contribution in [0.1, 0.15) is 34.8 Å². The van der Waals surface area contributed by atoms with Crippen molar-refractivity contribution < 1.29 is 9.00 Å². The van der Waals surface area contributed by atoms with Crippen LogP contribution in [0, 0.1) is 18.8 Å². The van der Waals surface area contributed by atoms with Crippen LogP contribution in [0.3, 0.4) is 0 Å². The van der Waals surface area contributed by atoms with Gasteiger partial charge in [-0.05, 0) is 38.0 Å². The second-order valence-electron chi connectivity index (χ2n) is 4.98. The smallest absolute Gasteiger partial charge is 0.251 e. The van der Waals surface area contributed by atoms with Gasteiger partial charge in [0.15, 0.2) is 0 Å². The third kappa shape index (κ3) is 6.11. The molecule has 0 aliphatic rings. The van der Waals surface area contributed by atoms with Crippen molar-refractivity contribution in [1.82, 2.24) is 5.32 Å². The lowest BCUT2D eigenvalue weighted by Crippen LogP contribution is -2.33. The molecular weight excluding hydrogens is 284 g/mol. The van der Waals surface area contributed by atoms with Crippen LogP contribution in [0.15, 0.2) is 18.2 Å². The fraction of sp³-hybridized carbons (Fsp3) is 0.438. The highest BCUT2D eigenvalue weighted by Crippen LogP contribution is 2.10. The Morgan fingerprint density at radius 1 is 1.48 bits per heavy atom. The Morgan fingerprint density at radius 2 is 2.19 bits per heavy atom. The van der Waals surface area contributed by atoms with E-state index in [1.54, 1.807) is 18.4 Å². The van der Waals surface area contributed by atoms with Crippen molar-refractivity contribution in [2.75, 3.05) is 18.6 Å². The van der Waals surface area contributed by atoms with E-state index in [1.165, 1.54) is 0 Å². The molecule has 0 heterocycles. The number of hydrogen-bond acceptors (Lipinski definition) is 3. The van der Waals surface area contributed by atoms with Gasteiger partial charge in [0.2, 0.25) is 0 Å². The number of amides is 1. The van der Waals surface area contributed by atoms with E-state index >= 15 is 0 Å². The fourth-order valence-electron chi connectivity index (χ4n) is 1.77. The summed E-state index contributed by atoms with van der Waals surface area (Å²) in [6.45, 7) is 4.15. The third-order valence-corrected chi connectivity index (χ3v) is 3.85. The highest BCUT2D eigenvalue weighted by Gasteiger charge is 2.11. The van der Waals surface area contributed by atoms with Crippen molar-refractivity contribution in [3.8, 4) is 11.8 Å². The molecule has 21 heavy (non-hydrogen) atoms. The molecule has 0 aliphatic heterocycles. The van der Waals surface area contributed by atoms with Crippen molar-refractivity contribution in [3.05, 3.63) is 34.9 Å². The molecule has 0 fully saturated rings. The molecule has 3 N–H and O–H groups in total. The van der Waals surface area contributed by atoms with Crippen LogP contribution in [-0.4, -0.2) is 34.7 Å². The Labute approximate surface area is 129 Å². The van der Waals surface area contributed by atoms with Crippen LogP contribution < -0.4 is 11.1 Å². The summed E-state index contributed by atoms with van der Waals surface area (Å²) in [5, 5.41) is 2.91. The summed E-state index contributed by atoms with van der Waals surface area (Å²) in [4.78, 5) is 12.2. The molecule has 0 radical (unpaired) electrons. The van der Waals surface area contributed by atoms with E-state index < -0.39 is 10.8 Å². The zero-order chi connectivity index (χ0) is 15.8. The van der Waals surface area contributed by atoms with Gasteiger partial charge in [0.25, 0.3) is 5.91 Å². The van der Waals surface area contributed by atoms with Gasteiger partial charge in [-0.2, -0.15) is 0 Å². The summed E-state index contributed by atoms with van der Waals surface area (Å²) < 4.78 is 11.1. The molecule has 114 valence electrons. The monoisotopic (exact) mass is 306 g/mol. The molecule has 0 saturated carbocycles. The van der Waals surface area contributed by atoms with E-state index in [0.29, 0.717) is 24.3 Å². The summed E-state index contributed by atoms with van der Waals surface area (Å²) >= 11 is 0. The summed E-state index contributed by atoms with van der Waals surface area (Å²) in [7, 11) is -0.837. The van der Waals surface area contributed by atoms with Crippen LogP contribution >= 0.6 is 0 Å². The van der Waals surface area contributed by atoms with Crippen molar-refractivity contribution in [2.24, 2.45) is 5.73 Å². The van der Waals surface area contributed by atoms with Crippen molar-refractivity contribution in [1.29, 1.82) is 0 Å². The maximum atomic E-state index is 12.2. The summed E-state index contributed by atoms with van der Waals surface area (Å²) in [5.74, 6) is 6.21. The highest BCUT2D eigenvalue weighted by molar-refractivity contribution is 7.84. The molecule has 2 unspecified atom stereocenters. The van der Waals surface area contributed by atoms with E-state index in [-0.39, 0.29) is 11.9 Å². The van der Waals surface area contributed by atoms with Crippen LogP contribution in [0.25, 0.3) is 0 Å². The molecule has 1 aromatic rings. The lowest BCUT2D eigenvalue weighted by molar-refractivity contribution is 0.0939. The normalized spacial score (nSPS) is 13.0. The Hall–Kier alpha value is -1.64. The first-order valence-electron chi connectivity index (χ1n) is 6.84. The second kappa shape index (κ2) is 8.60. The van der Waals surface area contributed by atoms with Crippen molar-refractivity contribution >= 4 is 16.7 Å². The molecule has 2 atom stereocenters. The van der Waals surface area contributed by atoms with Gasteiger partial charge in [-0.1, -0.05) is 17.9 Å². The summed E-state index contributed by atoms with van der Waals surface area (Å²) in [6, 6.07) is 5.42. The first kappa shape index (κ1) is 17.4. The Balaban J connectivity index is 2.76. The molecule has 5 heteroatoms. The molecule has 1 amide bonds. The summed E-state index contributed by atoms with van der Waals surface area (Å²) in [5.41, 5.74) is 7.78. The van der Waals surface area contributed by atoms with Crippen LogP contribution in [-0.2, 0) is 10.8 Å². The molecule has 0 spiro atoms. The average Bonchev–Trinajstić information content (AvgIpc) is 2.44. The van der Waals surface area contributed by atoms with E-state index in [4.69, 9.17) is 5.73 Å². The number of aryl methyl sites for hydroxylation is 1. The van der Waals surface area contributed by atoms with Gasteiger partial charge < -0.3 is 11.1 Å². The lowest BCUT2D eigenvalue weighted by Gasteiger charge is -2.13. The maximum Gasteiger partial charge on any atom is 0.251 e. The molecule has 0 aromatic heterocycles. The number of nitrogens with two attached hydrogens (primary N) is 1. The van der Waals surface area contributed by atoms with Gasteiger partial charge >= 0.3 is 0 Å². The SMILES string of the molecule is Cc1ccc(C(=O)NC(C)CCS(C)=O)cc1C#CCN. The molecular formula is C16H22N2O2S. The van der Waals surface area contributed by atoms with E-state index in [9.17, 15) is 9.00 Å². The number of rotatable bonds is 5. The fourth-order valence-corrected chi connectivity index (χ4v) is 2.45. The average molecular weight is 306 g/mol. The standard InChI is InChI=1S/C16H22N2O2S/c1-12-6-7-15(11-14(12)5-4-9-17)16(19)18-13(2)8-10-21(3)20/h6-7,11,13H,8-10,17H2,1-3H3,(H,18,19). The Bertz CT molecular complexity index is 588. The predicted molar refractivity (Wildman–Crippen MR) is 87.6 cm³/mol. The zero-order valence-corrected chi connectivity index (χ0v) is 13.5. The lowest BCUT2D eigenvalue weighted by atomic mass is 10.0. The first-order chi connectivity index (χ1) is 9.93. The van der Waals surface area contributed by atoms with Crippen molar-refractivity contribution in [2.45, 2.75) is 26.3 Å². The Kier molecular flexibility index (Phi) is 7.13. The van der Waals surface area contributed by atoms with Gasteiger partial charge in [-0.25, -0.2) is 0 Å². The first-order valence-corrected chi connectivity index (χ1v) is 8.57. The number of hydrogen-bond donors (Lipinski definition) is 2. The van der Waals surface area contributed by atoms with Crippen LogP contribution in [0.4, 0.5) is 0 Å². The largest absolute Gasteiger partial charge is 0.350 e. The number of benzene rings is 1. The molecule has 0 aliphatic carbocycles. The second-order valence-corrected chi connectivity index (χ2v) is 6.53. The number of nitrogens with one attached hydrogen (secondary N) is 1.